The molecule has 0 atom stereocenters. The third kappa shape index (κ3) is 5.65. The van der Waals surface area contributed by atoms with Gasteiger partial charge in [0.25, 0.3) is 5.91 Å². The van der Waals surface area contributed by atoms with Crippen molar-refractivity contribution in [2.45, 2.75) is 36.9 Å². The van der Waals surface area contributed by atoms with E-state index in [0.717, 1.165) is 25.3 Å². The minimum Gasteiger partial charge on any atom is -0.359 e. The van der Waals surface area contributed by atoms with Crippen LogP contribution in [0, 0.1) is 5.41 Å². The van der Waals surface area contributed by atoms with Gasteiger partial charge in [-0.2, -0.15) is 26.3 Å². The number of anilines is 1. The summed E-state index contributed by atoms with van der Waals surface area (Å²) >= 11 is 17.8. The maximum atomic E-state index is 14.4. The second-order valence-electron chi connectivity index (χ2n) is 8.07. The number of benzene rings is 1. The SMILES string of the molecule is CN(C(=O)c1cc(/C(C=N)=C/Nc2c(Cl)cc(C(F)(C(F)(F)F)C(F)(F)F)cc2Cl)cnc1Cl)C1CC1. The van der Waals surface area contributed by atoms with E-state index >= 15 is 0 Å². The van der Waals surface area contributed by atoms with E-state index in [1.807, 2.05) is 0 Å². The van der Waals surface area contributed by atoms with Gasteiger partial charge in [-0.1, -0.05) is 34.8 Å². The van der Waals surface area contributed by atoms with Crippen molar-refractivity contribution < 1.29 is 35.5 Å². The molecule has 1 aliphatic carbocycles. The molecule has 15 heteroatoms. The number of pyridine rings is 1. The van der Waals surface area contributed by atoms with Crippen molar-refractivity contribution in [2.24, 2.45) is 0 Å². The van der Waals surface area contributed by atoms with Gasteiger partial charge in [-0.05, 0) is 31.0 Å². The molecule has 1 heterocycles. The summed E-state index contributed by atoms with van der Waals surface area (Å²) in [5, 5.41) is 8.56. The maximum absolute atomic E-state index is 14.4. The zero-order valence-electron chi connectivity index (χ0n) is 18.5. The molecule has 1 aliphatic rings. The normalized spacial score (nSPS) is 14.9. The molecule has 1 fully saturated rings. The molecule has 0 spiro atoms. The molecule has 2 aromatic rings. The molecule has 0 bridgehead atoms. The van der Waals surface area contributed by atoms with Crippen LogP contribution < -0.4 is 5.32 Å². The lowest BCUT2D eigenvalue weighted by molar-refractivity contribution is -0.348. The first-order valence-corrected chi connectivity index (χ1v) is 11.4. The summed E-state index contributed by atoms with van der Waals surface area (Å²) in [7, 11) is 1.61. The number of nitrogens with one attached hydrogen (secondary N) is 2. The lowest BCUT2D eigenvalue weighted by atomic mass is 9.94. The third-order valence-corrected chi connectivity index (χ3v) is 6.46. The Hall–Kier alpha value is -2.57. The number of hydrogen-bond acceptors (Lipinski definition) is 4. The number of allylic oxidation sites excluding steroid dienone is 1. The van der Waals surface area contributed by atoms with Gasteiger partial charge in [0.1, 0.15) is 5.15 Å². The molecule has 0 radical (unpaired) electrons. The van der Waals surface area contributed by atoms with Gasteiger partial charge >= 0.3 is 18.0 Å². The lowest BCUT2D eigenvalue weighted by Crippen LogP contribution is -2.50. The average molecular weight is 592 g/mol. The highest BCUT2D eigenvalue weighted by atomic mass is 35.5. The Morgan fingerprint density at radius 1 is 1.05 bits per heavy atom. The number of halogens is 10. The van der Waals surface area contributed by atoms with Crippen molar-refractivity contribution in [1.82, 2.24) is 9.88 Å². The van der Waals surface area contributed by atoms with Gasteiger partial charge in [-0.3, -0.25) is 4.79 Å². The van der Waals surface area contributed by atoms with Gasteiger partial charge in [0, 0.05) is 48.4 Å². The van der Waals surface area contributed by atoms with Crippen LogP contribution in [0.15, 0.2) is 30.6 Å². The summed E-state index contributed by atoms with van der Waals surface area (Å²) in [5.41, 5.74) is -7.58. The predicted octanol–water partition coefficient (Wildman–Crippen LogP) is 7.67. The number of rotatable bonds is 7. The Bertz CT molecular complexity index is 1220. The minimum atomic E-state index is -6.34. The van der Waals surface area contributed by atoms with E-state index in [1.54, 1.807) is 7.05 Å². The number of aromatic nitrogens is 1. The second kappa shape index (κ2) is 10.3. The van der Waals surface area contributed by atoms with Crippen molar-refractivity contribution in [3.63, 3.8) is 0 Å². The van der Waals surface area contributed by atoms with Crippen molar-refractivity contribution >= 4 is 58.2 Å². The number of nitrogens with zero attached hydrogens (tertiary/aromatic N) is 2. The predicted molar refractivity (Wildman–Crippen MR) is 126 cm³/mol. The Morgan fingerprint density at radius 3 is 2.05 bits per heavy atom. The summed E-state index contributed by atoms with van der Waals surface area (Å²) in [4.78, 5) is 18.2. The van der Waals surface area contributed by atoms with Crippen LogP contribution in [0.2, 0.25) is 15.2 Å². The molecule has 0 unspecified atom stereocenters. The number of amides is 1. The van der Waals surface area contributed by atoms with Crippen molar-refractivity contribution in [1.29, 1.82) is 5.41 Å². The van der Waals surface area contributed by atoms with Gasteiger partial charge in [0.2, 0.25) is 0 Å². The first kappa shape index (κ1) is 29.0. The molecule has 200 valence electrons. The van der Waals surface area contributed by atoms with Gasteiger partial charge in [0.15, 0.2) is 0 Å². The quantitative estimate of drug-likeness (QED) is 0.197. The lowest BCUT2D eigenvalue weighted by Gasteiger charge is -2.30. The highest BCUT2D eigenvalue weighted by Gasteiger charge is 2.73. The number of carbonyl (C=O) groups excluding carboxylic acids is 1. The molecule has 1 saturated carbocycles. The fourth-order valence-electron chi connectivity index (χ4n) is 3.33. The molecule has 1 amide bonds. The van der Waals surface area contributed by atoms with Crippen LogP contribution in [0.5, 0.6) is 0 Å². The van der Waals surface area contributed by atoms with Gasteiger partial charge in [-0.15, -0.1) is 0 Å². The topological polar surface area (TPSA) is 69.1 Å². The summed E-state index contributed by atoms with van der Waals surface area (Å²) in [6, 6.07) is 1.76. The molecule has 2 N–H and O–H groups in total. The Kier molecular flexibility index (Phi) is 8.07. The standard InChI is InChI=1S/C22H16Cl3F7N4O/c1-36(13-2-3-13)19(37)14-4-10(8-35-18(14)25)11(7-33)9-34-17-15(23)5-12(6-16(17)24)20(26,21(27,28)29)22(30,31)32/h4-9,13,33-34H,2-3H2,1H3/b11-9+,33-7?. The Labute approximate surface area is 220 Å². The zero-order valence-corrected chi connectivity index (χ0v) is 20.8. The van der Waals surface area contributed by atoms with Crippen LogP contribution in [0.1, 0.15) is 34.3 Å². The van der Waals surface area contributed by atoms with Crippen LogP contribution in [0.25, 0.3) is 5.57 Å². The second-order valence-corrected chi connectivity index (χ2v) is 9.24. The van der Waals surface area contributed by atoms with E-state index in [1.165, 1.54) is 17.2 Å². The minimum absolute atomic E-state index is 0.0559. The van der Waals surface area contributed by atoms with Crippen LogP contribution in [0.3, 0.4) is 0 Å². The van der Waals surface area contributed by atoms with Crippen LogP contribution >= 0.6 is 34.8 Å². The molecule has 3 rings (SSSR count). The largest absolute Gasteiger partial charge is 0.435 e. The number of carbonyl (C=O) groups is 1. The monoisotopic (exact) mass is 590 g/mol. The van der Waals surface area contributed by atoms with Crippen molar-refractivity contribution in [3.05, 3.63) is 62.5 Å². The summed E-state index contributed by atoms with van der Waals surface area (Å²) in [6.45, 7) is 0. The molecular weight excluding hydrogens is 576 g/mol. The molecule has 0 saturated heterocycles. The fraction of sp³-hybridized carbons (Fsp3) is 0.318. The van der Waals surface area contributed by atoms with Crippen LogP contribution in [-0.4, -0.2) is 47.4 Å². The molecule has 1 aromatic heterocycles. The highest BCUT2D eigenvalue weighted by molar-refractivity contribution is 6.39. The molecule has 1 aromatic carbocycles. The van der Waals surface area contributed by atoms with Crippen molar-refractivity contribution in [3.8, 4) is 0 Å². The summed E-state index contributed by atoms with van der Waals surface area (Å²) < 4.78 is 92.9. The number of hydrogen-bond donors (Lipinski definition) is 2. The van der Waals surface area contributed by atoms with E-state index in [0.29, 0.717) is 0 Å². The maximum Gasteiger partial charge on any atom is 0.435 e. The smallest absolute Gasteiger partial charge is 0.359 e. The third-order valence-electron chi connectivity index (χ3n) is 5.57. The van der Waals surface area contributed by atoms with E-state index < -0.39 is 39.5 Å². The van der Waals surface area contributed by atoms with Gasteiger partial charge in [-0.25, -0.2) is 9.37 Å². The first-order chi connectivity index (χ1) is 17.0. The van der Waals surface area contributed by atoms with Gasteiger partial charge in [0.05, 0.1) is 21.3 Å². The number of alkyl halides is 7. The Balaban J connectivity index is 1.96. The molecule has 0 aliphatic heterocycles. The van der Waals surface area contributed by atoms with Crippen LogP contribution in [-0.2, 0) is 5.67 Å². The molecule has 37 heavy (non-hydrogen) atoms. The summed E-state index contributed by atoms with van der Waals surface area (Å²) in [5.74, 6) is -0.398. The molecule has 5 nitrogen and oxygen atoms in total. The van der Waals surface area contributed by atoms with Crippen molar-refractivity contribution in [2.75, 3.05) is 12.4 Å². The Morgan fingerprint density at radius 2 is 1.59 bits per heavy atom. The van der Waals surface area contributed by atoms with E-state index in [-0.39, 0.29) is 45.7 Å². The first-order valence-electron chi connectivity index (χ1n) is 10.2. The fourth-order valence-corrected chi connectivity index (χ4v) is 4.11. The highest BCUT2D eigenvalue weighted by Crippen LogP contribution is 2.54. The van der Waals surface area contributed by atoms with E-state index in [4.69, 9.17) is 40.2 Å². The van der Waals surface area contributed by atoms with E-state index in [2.05, 4.69) is 10.3 Å². The van der Waals surface area contributed by atoms with Gasteiger partial charge < -0.3 is 15.6 Å². The van der Waals surface area contributed by atoms with E-state index in [9.17, 15) is 35.5 Å². The molecular formula is C22H16Cl3F7N4O. The average Bonchev–Trinajstić information content (AvgIpc) is 3.64. The van der Waals surface area contributed by atoms with Crippen LogP contribution in [0.4, 0.5) is 36.4 Å². The zero-order chi connectivity index (χ0) is 27.9. The summed E-state index contributed by atoms with van der Waals surface area (Å²) in [6.07, 6.45) is -7.83.